The lowest BCUT2D eigenvalue weighted by atomic mass is 10.1. The van der Waals surface area contributed by atoms with Crippen molar-refractivity contribution in [1.29, 1.82) is 0 Å². The Bertz CT molecular complexity index is 940. The number of hydrogen-bond acceptors (Lipinski definition) is 4. The number of aromatic nitrogens is 2. The van der Waals surface area contributed by atoms with Crippen molar-refractivity contribution < 1.29 is 9.90 Å². The first-order valence-electron chi connectivity index (χ1n) is 9.32. The van der Waals surface area contributed by atoms with Crippen LogP contribution in [0.2, 0.25) is 0 Å². The summed E-state index contributed by atoms with van der Waals surface area (Å²) in [5.41, 5.74) is 4.20. The van der Waals surface area contributed by atoms with E-state index in [4.69, 9.17) is 0 Å². The number of imidazole rings is 1. The van der Waals surface area contributed by atoms with Crippen LogP contribution in [-0.4, -0.2) is 44.5 Å². The number of hydrogen-bond donors (Lipinski definition) is 2. The van der Waals surface area contributed by atoms with Crippen LogP contribution in [-0.2, 0) is 6.54 Å². The molecule has 1 aliphatic heterocycles. The lowest BCUT2D eigenvalue weighted by Crippen LogP contribution is -2.35. The number of fused-ring (bicyclic) bond motifs is 1. The molecule has 0 saturated carbocycles. The van der Waals surface area contributed by atoms with Crippen molar-refractivity contribution in [3.63, 3.8) is 0 Å². The molecule has 1 aromatic carbocycles. The number of aliphatic hydroxyl groups excluding tert-OH is 1. The fourth-order valence-corrected chi connectivity index (χ4v) is 3.57. The van der Waals surface area contributed by atoms with Crippen molar-refractivity contribution in [3.8, 4) is 0 Å². The second-order valence-electron chi connectivity index (χ2n) is 7.25. The van der Waals surface area contributed by atoms with E-state index in [0.717, 1.165) is 43.7 Å². The van der Waals surface area contributed by atoms with Crippen molar-refractivity contribution >= 4 is 17.2 Å². The molecular formula is C21H24N4O2. The monoisotopic (exact) mass is 364 g/mol. The Kier molecular flexibility index (Phi) is 4.92. The molecule has 1 fully saturated rings. The number of anilines is 1. The minimum Gasteiger partial charge on any atom is -0.393 e. The van der Waals surface area contributed by atoms with Gasteiger partial charge in [-0.15, -0.1) is 0 Å². The Morgan fingerprint density at radius 1 is 1.26 bits per heavy atom. The van der Waals surface area contributed by atoms with Crippen LogP contribution in [0.1, 0.15) is 34.3 Å². The Morgan fingerprint density at radius 3 is 2.74 bits per heavy atom. The molecule has 1 aliphatic rings. The van der Waals surface area contributed by atoms with Crippen LogP contribution in [0.3, 0.4) is 0 Å². The standard InChI is InChI=1S/C21H24N4O2/c1-15-12-19(20-22-8-11-25(20)13-15)21(27)23-17-4-2-16(3-5-17)14-24-9-6-18(26)7-10-24/h2-5,8,11-13,18,26H,6-7,9-10,14H2,1H3,(H,23,27). The maximum Gasteiger partial charge on any atom is 0.259 e. The zero-order valence-electron chi connectivity index (χ0n) is 15.4. The third kappa shape index (κ3) is 4.02. The summed E-state index contributed by atoms with van der Waals surface area (Å²) in [5.74, 6) is -0.160. The number of pyridine rings is 1. The van der Waals surface area contributed by atoms with Crippen molar-refractivity contribution in [1.82, 2.24) is 14.3 Å². The van der Waals surface area contributed by atoms with Gasteiger partial charge in [-0.05, 0) is 49.1 Å². The van der Waals surface area contributed by atoms with Gasteiger partial charge in [0.15, 0.2) is 0 Å². The van der Waals surface area contributed by atoms with E-state index in [9.17, 15) is 9.90 Å². The van der Waals surface area contributed by atoms with E-state index in [1.807, 2.05) is 54.0 Å². The molecule has 0 bridgehead atoms. The Hall–Kier alpha value is -2.70. The lowest BCUT2D eigenvalue weighted by molar-refractivity contribution is 0.0792. The predicted octanol–water partition coefficient (Wildman–Crippen LogP) is 2.85. The maximum atomic E-state index is 12.7. The highest BCUT2D eigenvalue weighted by molar-refractivity contribution is 6.08. The summed E-state index contributed by atoms with van der Waals surface area (Å²) in [4.78, 5) is 19.3. The number of benzene rings is 1. The second kappa shape index (κ2) is 7.50. The molecule has 0 atom stereocenters. The fourth-order valence-electron chi connectivity index (χ4n) is 3.57. The molecule has 0 aliphatic carbocycles. The van der Waals surface area contributed by atoms with E-state index >= 15 is 0 Å². The van der Waals surface area contributed by atoms with Gasteiger partial charge in [-0.1, -0.05) is 12.1 Å². The van der Waals surface area contributed by atoms with E-state index in [0.29, 0.717) is 11.2 Å². The minimum absolute atomic E-state index is 0.151. The SMILES string of the molecule is Cc1cc(C(=O)Nc2ccc(CN3CCC(O)CC3)cc2)c2nccn2c1. The number of carbonyl (C=O) groups excluding carboxylic acids is 1. The summed E-state index contributed by atoms with van der Waals surface area (Å²) in [6.45, 7) is 4.68. The highest BCUT2D eigenvalue weighted by atomic mass is 16.3. The van der Waals surface area contributed by atoms with Crippen LogP contribution >= 0.6 is 0 Å². The molecule has 2 aromatic heterocycles. The highest BCUT2D eigenvalue weighted by Gasteiger charge is 2.17. The molecule has 6 heteroatoms. The summed E-state index contributed by atoms with van der Waals surface area (Å²) >= 11 is 0. The number of nitrogens with zero attached hydrogens (tertiary/aromatic N) is 3. The van der Waals surface area contributed by atoms with Gasteiger partial charge in [-0.2, -0.15) is 0 Å². The molecule has 4 rings (SSSR count). The molecule has 6 nitrogen and oxygen atoms in total. The van der Waals surface area contributed by atoms with Crippen molar-refractivity contribution in [2.24, 2.45) is 0 Å². The topological polar surface area (TPSA) is 69.9 Å². The number of carbonyl (C=O) groups is 1. The Morgan fingerprint density at radius 2 is 2.00 bits per heavy atom. The third-order valence-corrected chi connectivity index (χ3v) is 5.04. The molecule has 27 heavy (non-hydrogen) atoms. The fraction of sp³-hybridized carbons (Fsp3) is 0.333. The molecular weight excluding hydrogens is 340 g/mol. The molecule has 0 unspecified atom stereocenters. The molecule has 0 spiro atoms. The van der Waals surface area contributed by atoms with Crippen molar-refractivity contribution in [2.45, 2.75) is 32.4 Å². The Balaban J connectivity index is 1.43. The van der Waals surface area contributed by atoms with E-state index in [1.54, 1.807) is 6.20 Å². The van der Waals surface area contributed by atoms with Crippen LogP contribution in [0.5, 0.6) is 0 Å². The normalized spacial score (nSPS) is 15.9. The van der Waals surface area contributed by atoms with Gasteiger partial charge < -0.3 is 14.8 Å². The van der Waals surface area contributed by atoms with Gasteiger partial charge in [-0.25, -0.2) is 4.98 Å². The van der Waals surface area contributed by atoms with Crippen LogP contribution in [0, 0.1) is 6.92 Å². The van der Waals surface area contributed by atoms with E-state index in [2.05, 4.69) is 15.2 Å². The average molecular weight is 364 g/mol. The zero-order valence-corrected chi connectivity index (χ0v) is 15.4. The Labute approximate surface area is 158 Å². The van der Waals surface area contributed by atoms with Gasteiger partial charge in [0.05, 0.1) is 11.7 Å². The van der Waals surface area contributed by atoms with Crippen LogP contribution in [0.4, 0.5) is 5.69 Å². The van der Waals surface area contributed by atoms with Gasteiger partial charge in [0.1, 0.15) is 5.65 Å². The number of nitrogens with one attached hydrogen (secondary N) is 1. The van der Waals surface area contributed by atoms with Gasteiger partial charge >= 0.3 is 0 Å². The highest BCUT2D eigenvalue weighted by Crippen LogP contribution is 2.18. The number of aliphatic hydroxyl groups is 1. The van der Waals surface area contributed by atoms with Crippen LogP contribution in [0.25, 0.3) is 5.65 Å². The van der Waals surface area contributed by atoms with Gasteiger partial charge in [0.25, 0.3) is 5.91 Å². The number of piperidine rings is 1. The summed E-state index contributed by atoms with van der Waals surface area (Å²) in [6.07, 6.45) is 7.02. The minimum atomic E-state index is -0.160. The number of aryl methyl sites for hydroxylation is 1. The van der Waals surface area contributed by atoms with Gasteiger partial charge in [0, 0.05) is 43.9 Å². The first kappa shape index (κ1) is 17.7. The largest absolute Gasteiger partial charge is 0.393 e. The van der Waals surface area contributed by atoms with Gasteiger partial charge in [0.2, 0.25) is 0 Å². The first-order chi connectivity index (χ1) is 13.1. The predicted molar refractivity (Wildman–Crippen MR) is 105 cm³/mol. The van der Waals surface area contributed by atoms with Crippen molar-refractivity contribution in [3.05, 3.63) is 65.6 Å². The zero-order chi connectivity index (χ0) is 18.8. The molecule has 1 amide bonds. The molecule has 2 N–H and O–H groups in total. The lowest BCUT2D eigenvalue weighted by Gasteiger charge is -2.29. The summed E-state index contributed by atoms with van der Waals surface area (Å²) < 4.78 is 1.86. The quantitative estimate of drug-likeness (QED) is 0.747. The average Bonchev–Trinajstić information content (AvgIpc) is 3.12. The number of rotatable bonds is 4. The van der Waals surface area contributed by atoms with E-state index in [-0.39, 0.29) is 12.0 Å². The molecule has 3 heterocycles. The van der Waals surface area contributed by atoms with E-state index < -0.39 is 0 Å². The van der Waals surface area contributed by atoms with Crippen LogP contribution < -0.4 is 5.32 Å². The molecule has 3 aromatic rings. The maximum absolute atomic E-state index is 12.7. The number of amides is 1. The summed E-state index contributed by atoms with van der Waals surface area (Å²) in [7, 11) is 0. The molecule has 0 radical (unpaired) electrons. The summed E-state index contributed by atoms with van der Waals surface area (Å²) in [6, 6.07) is 9.82. The smallest absolute Gasteiger partial charge is 0.259 e. The van der Waals surface area contributed by atoms with E-state index in [1.165, 1.54) is 5.56 Å². The summed E-state index contributed by atoms with van der Waals surface area (Å²) in [5, 5.41) is 12.6. The molecule has 1 saturated heterocycles. The molecule has 140 valence electrons. The third-order valence-electron chi connectivity index (χ3n) is 5.04. The van der Waals surface area contributed by atoms with Crippen LogP contribution in [0.15, 0.2) is 48.9 Å². The van der Waals surface area contributed by atoms with Crippen molar-refractivity contribution in [2.75, 3.05) is 18.4 Å². The number of likely N-dealkylation sites (tertiary alicyclic amines) is 1. The first-order valence-corrected chi connectivity index (χ1v) is 9.32. The van der Waals surface area contributed by atoms with Gasteiger partial charge in [-0.3, -0.25) is 9.69 Å². The second-order valence-corrected chi connectivity index (χ2v) is 7.25.